The van der Waals surface area contributed by atoms with Gasteiger partial charge in [0.05, 0.1) is 5.56 Å². The summed E-state index contributed by atoms with van der Waals surface area (Å²) >= 11 is 5.72. The van der Waals surface area contributed by atoms with E-state index in [4.69, 9.17) is 0 Å². The summed E-state index contributed by atoms with van der Waals surface area (Å²) in [5.41, 5.74) is 0.787. The quantitative estimate of drug-likeness (QED) is 0.707. The molecule has 5 heteroatoms. The Morgan fingerprint density at radius 2 is 2.00 bits per heavy atom. The van der Waals surface area contributed by atoms with Crippen molar-refractivity contribution in [2.75, 3.05) is 26.2 Å². The summed E-state index contributed by atoms with van der Waals surface area (Å²) in [5.74, 6) is 1.46. The molecule has 1 aromatic rings. The van der Waals surface area contributed by atoms with E-state index in [1.165, 1.54) is 0 Å². The zero-order valence-electron chi connectivity index (χ0n) is 9.83. The molecular weight excluding hydrogens is 407 g/mol. The lowest BCUT2D eigenvalue weighted by atomic mass is 10.0. The summed E-state index contributed by atoms with van der Waals surface area (Å²) in [5, 5.41) is 3.40. The third-order valence-electron chi connectivity index (χ3n) is 3.84. The Kier molecular flexibility index (Phi) is 3.64. The number of likely N-dealkylation sites (tertiary alicyclic amines) is 1. The van der Waals surface area contributed by atoms with E-state index in [-0.39, 0.29) is 5.91 Å². The van der Waals surface area contributed by atoms with Crippen LogP contribution in [0, 0.1) is 15.4 Å². The molecule has 0 radical (unpaired) electrons. The summed E-state index contributed by atoms with van der Waals surface area (Å²) in [6.07, 6.45) is 0. The molecule has 1 N–H and O–H groups in total. The van der Waals surface area contributed by atoms with Gasteiger partial charge in [0.15, 0.2) is 0 Å². The van der Waals surface area contributed by atoms with Gasteiger partial charge in [-0.05, 0) is 68.6 Å². The summed E-state index contributed by atoms with van der Waals surface area (Å²) in [6.45, 7) is 3.91. The van der Waals surface area contributed by atoms with Crippen LogP contribution in [0.3, 0.4) is 0 Å². The van der Waals surface area contributed by atoms with Gasteiger partial charge in [-0.1, -0.05) is 0 Å². The molecule has 2 aliphatic rings. The van der Waals surface area contributed by atoms with Crippen molar-refractivity contribution in [3.05, 3.63) is 31.8 Å². The molecule has 0 saturated carbocycles. The van der Waals surface area contributed by atoms with Gasteiger partial charge in [0.25, 0.3) is 5.91 Å². The second-order valence-electron chi connectivity index (χ2n) is 5.01. The van der Waals surface area contributed by atoms with E-state index < -0.39 is 0 Å². The first kappa shape index (κ1) is 12.9. The lowest BCUT2D eigenvalue weighted by Crippen LogP contribution is -2.32. The standard InChI is InChI=1S/C13H14BrIN2O/c14-12-2-1-10(15)3-11(12)13(18)17-6-8-4-16-5-9(8)7-17/h1-3,8-9,16H,4-7H2/t8-,9+. The predicted octanol–water partition coefficient (Wildman–Crippen LogP) is 2.35. The van der Waals surface area contributed by atoms with Gasteiger partial charge in [0, 0.05) is 34.2 Å². The van der Waals surface area contributed by atoms with Crippen molar-refractivity contribution < 1.29 is 4.79 Å². The van der Waals surface area contributed by atoms with E-state index in [0.29, 0.717) is 11.8 Å². The zero-order valence-corrected chi connectivity index (χ0v) is 13.6. The Labute approximate surface area is 129 Å². The number of nitrogens with zero attached hydrogens (tertiary/aromatic N) is 1. The van der Waals surface area contributed by atoms with Gasteiger partial charge >= 0.3 is 0 Å². The van der Waals surface area contributed by atoms with Crippen molar-refractivity contribution in [3.8, 4) is 0 Å². The van der Waals surface area contributed by atoms with E-state index in [2.05, 4.69) is 43.8 Å². The normalized spacial score (nSPS) is 26.4. The van der Waals surface area contributed by atoms with Gasteiger partial charge in [-0.3, -0.25) is 4.79 Å². The Hall–Kier alpha value is -0.140. The highest BCUT2D eigenvalue weighted by atomic mass is 127. The first-order valence-corrected chi connectivity index (χ1v) is 7.97. The van der Waals surface area contributed by atoms with E-state index in [9.17, 15) is 4.79 Å². The second kappa shape index (κ2) is 5.09. The number of hydrogen-bond acceptors (Lipinski definition) is 2. The number of carbonyl (C=O) groups excluding carboxylic acids is 1. The maximum atomic E-state index is 12.5. The molecule has 2 saturated heterocycles. The number of amides is 1. The van der Waals surface area contributed by atoms with E-state index in [1.54, 1.807) is 0 Å². The lowest BCUT2D eigenvalue weighted by molar-refractivity contribution is 0.0780. The fraction of sp³-hybridized carbons (Fsp3) is 0.462. The van der Waals surface area contributed by atoms with Crippen LogP contribution in [0.5, 0.6) is 0 Å². The fourth-order valence-electron chi connectivity index (χ4n) is 2.85. The molecule has 18 heavy (non-hydrogen) atoms. The first-order chi connectivity index (χ1) is 8.65. The highest BCUT2D eigenvalue weighted by Crippen LogP contribution is 2.29. The van der Waals surface area contributed by atoms with E-state index >= 15 is 0 Å². The molecule has 0 unspecified atom stereocenters. The molecule has 2 heterocycles. The Morgan fingerprint density at radius 3 is 2.67 bits per heavy atom. The highest BCUT2D eigenvalue weighted by Gasteiger charge is 2.38. The number of nitrogens with one attached hydrogen (secondary N) is 1. The number of hydrogen-bond donors (Lipinski definition) is 1. The maximum Gasteiger partial charge on any atom is 0.255 e. The number of rotatable bonds is 1. The summed E-state index contributed by atoms with van der Waals surface area (Å²) in [7, 11) is 0. The Morgan fingerprint density at radius 1 is 1.33 bits per heavy atom. The minimum atomic E-state index is 0.162. The molecule has 3 rings (SSSR count). The number of halogens is 2. The van der Waals surface area contributed by atoms with Gasteiger partial charge < -0.3 is 10.2 Å². The summed E-state index contributed by atoms with van der Waals surface area (Å²) in [4.78, 5) is 14.5. The predicted molar refractivity (Wildman–Crippen MR) is 82.6 cm³/mol. The van der Waals surface area contributed by atoms with Crippen LogP contribution < -0.4 is 5.32 Å². The van der Waals surface area contributed by atoms with E-state index in [1.807, 2.05) is 23.1 Å². The third kappa shape index (κ3) is 2.32. The maximum absolute atomic E-state index is 12.5. The fourth-order valence-corrected chi connectivity index (χ4v) is 3.76. The van der Waals surface area contributed by atoms with Crippen molar-refractivity contribution in [2.24, 2.45) is 11.8 Å². The Balaban J connectivity index is 1.81. The average Bonchev–Trinajstić information content (AvgIpc) is 2.91. The largest absolute Gasteiger partial charge is 0.338 e. The lowest BCUT2D eigenvalue weighted by Gasteiger charge is -2.18. The van der Waals surface area contributed by atoms with Crippen LogP contribution in [0.15, 0.2) is 22.7 Å². The topological polar surface area (TPSA) is 32.3 Å². The van der Waals surface area contributed by atoms with Gasteiger partial charge in [0.2, 0.25) is 0 Å². The Bertz CT molecular complexity index is 482. The van der Waals surface area contributed by atoms with Crippen molar-refractivity contribution in [1.82, 2.24) is 10.2 Å². The van der Waals surface area contributed by atoms with Crippen LogP contribution in [-0.4, -0.2) is 37.0 Å². The number of benzene rings is 1. The third-order valence-corrected chi connectivity index (χ3v) is 5.20. The minimum absolute atomic E-state index is 0.162. The molecule has 0 bridgehead atoms. The molecule has 0 spiro atoms. The van der Waals surface area contributed by atoms with Crippen molar-refractivity contribution in [2.45, 2.75) is 0 Å². The van der Waals surface area contributed by atoms with E-state index in [0.717, 1.165) is 39.8 Å². The van der Waals surface area contributed by atoms with Crippen LogP contribution in [0.4, 0.5) is 0 Å². The van der Waals surface area contributed by atoms with Crippen LogP contribution in [-0.2, 0) is 0 Å². The molecule has 2 fully saturated rings. The van der Waals surface area contributed by atoms with Gasteiger partial charge in [-0.25, -0.2) is 0 Å². The average molecular weight is 421 g/mol. The highest BCUT2D eigenvalue weighted by molar-refractivity contribution is 14.1. The molecule has 96 valence electrons. The summed E-state index contributed by atoms with van der Waals surface area (Å²) < 4.78 is 1.99. The van der Waals surface area contributed by atoms with Crippen molar-refractivity contribution in [3.63, 3.8) is 0 Å². The molecule has 0 aromatic heterocycles. The second-order valence-corrected chi connectivity index (χ2v) is 7.11. The summed E-state index contributed by atoms with van der Waals surface area (Å²) in [6, 6.07) is 5.91. The molecule has 3 nitrogen and oxygen atoms in total. The van der Waals surface area contributed by atoms with Crippen LogP contribution in [0.25, 0.3) is 0 Å². The molecular formula is C13H14BrIN2O. The van der Waals surface area contributed by atoms with Crippen molar-refractivity contribution in [1.29, 1.82) is 0 Å². The monoisotopic (exact) mass is 420 g/mol. The van der Waals surface area contributed by atoms with Gasteiger partial charge in [0.1, 0.15) is 0 Å². The molecule has 0 aliphatic carbocycles. The van der Waals surface area contributed by atoms with Gasteiger partial charge in [-0.15, -0.1) is 0 Å². The minimum Gasteiger partial charge on any atom is -0.338 e. The number of fused-ring (bicyclic) bond motifs is 1. The van der Waals surface area contributed by atoms with Gasteiger partial charge in [-0.2, -0.15) is 0 Å². The van der Waals surface area contributed by atoms with Crippen LogP contribution in [0.2, 0.25) is 0 Å². The molecule has 2 aliphatic heterocycles. The number of carbonyl (C=O) groups is 1. The molecule has 1 aromatic carbocycles. The first-order valence-electron chi connectivity index (χ1n) is 6.10. The van der Waals surface area contributed by atoms with Crippen LogP contribution in [0.1, 0.15) is 10.4 Å². The van der Waals surface area contributed by atoms with Crippen molar-refractivity contribution >= 4 is 44.4 Å². The van der Waals surface area contributed by atoms with Crippen LogP contribution >= 0.6 is 38.5 Å². The molecule has 1 amide bonds. The SMILES string of the molecule is O=C(c1cc(I)ccc1Br)N1C[C@H]2CNC[C@H]2C1. The zero-order chi connectivity index (χ0) is 12.7. The smallest absolute Gasteiger partial charge is 0.255 e. The molecule has 2 atom stereocenters.